The van der Waals surface area contributed by atoms with Gasteiger partial charge in [0.1, 0.15) is 0 Å². The van der Waals surface area contributed by atoms with Crippen molar-refractivity contribution in [3.05, 3.63) is 35.9 Å². The number of likely N-dealkylation sites (tertiary alicyclic amines) is 1. The van der Waals surface area contributed by atoms with Gasteiger partial charge in [0.25, 0.3) is 0 Å². The molecule has 1 heterocycles. The molecule has 0 radical (unpaired) electrons. The molecule has 110 valence electrons. The average molecular weight is 278 g/mol. The van der Waals surface area contributed by atoms with Gasteiger partial charge < -0.3 is 20.1 Å². The van der Waals surface area contributed by atoms with E-state index in [0.717, 1.165) is 13.0 Å². The van der Waals surface area contributed by atoms with Crippen LogP contribution >= 0.6 is 0 Å². The van der Waals surface area contributed by atoms with E-state index < -0.39 is 6.09 Å². The molecule has 1 saturated heterocycles. The van der Waals surface area contributed by atoms with E-state index in [4.69, 9.17) is 9.84 Å². The van der Waals surface area contributed by atoms with Gasteiger partial charge in [0.05, 0.1) is 12.6 Å². The third-order valence-electron chi connectivity index (χ3n) is 3.62. The van der Waals surface area contributed by atoms with E-state index in [9.17, 15) is 4.79 Å². The quantitative estimate of drug-likeness (QED) is 0.864. The molecule has 1 aromatic rings. The molecule has 5 nitrogen and oxygen atoms in total. The van der Waals surface area contributed by atoms with Crippen molar-refractivity contribution in [2.24, 2.45) is 0 Å². The summed E-state index contributed by atoms with van der Waals surface area (Å²) in [7, 11) is 0. The molecule has 1 aliphatic rings. The molecule has 0 aliphatic carbocycles. The molecule has 2 N–H and O–H groups in total. The van der Waals surface area contributed by atoms with Gasteiger partial charge in [0.15, 0.2) is 0 Å². The van der Waals surface area contributed by atoms with E-state index in [1.165, 1.54) is 10.5 Å². The van der Waals surface area contributed by atoms with Crippen LogP contribution in [-0.2, 0) is 11.3 Å². The van der Waals surface area contributed by atoms with Crippen LogP contribution in [0.5, 0.6) is 0 Å². The van der Waals surface area contributed by atoms with Gasteiger partial charge in [-0.2, -0.15) is 0 Å². The van der Waals surface area contributed by atoms with Crippen LogP contribution in [-0.4, -0.2) is 47.9 Å². The molecule has 1 aliphatic heterocycles. The first-order valence-corrected chi connectivity index (χ1v) is 7.07. The van der Waals surface area contributed by atoms with Crippen molar-refractivity contribution < 1.29 is 14.6 Å². The molecule has 0 saturated carbocycles. The fourth-order valence-electron chi connectivity index (χ4n) is 2.55. The van der Waals surface area contributed by atoms with Gasteiger partial charge in [0, 0.05) is 25.7 Å². The number of carboxylic acid groups (broad SMARTS) is 1. The van der Waals surface area contributed by atoms with Crippen LogP contribution < -0.4 is 5.32 Å². The molecule has 2 atom stereocenters. The van der Waals surface area contributed by atoms with Crippen LogP contribution in [0.2, 0.25) is 0 Å². The lowest BCUT2D eigenvalue weighted by Gasteiger charge is -2.37. The van der Waals surface area contributed by atoms with Crippen LogP contribution in [0.25, 0.3) is 0 Å². The van der Waals surface area contributed by atoms with Crippen LogP contribution in [0.4, 0.5) is 4.79 Å². The molecular formula is C15H22N2O3. The van der Waals surface area contributed by atoms with E-state index in [1.807, 2.05) is 25.1 Å². The van der Waals surface area contributed by atoms with E-state index in [0.29, 0.717) is 19.7 Å². The molecule has 20 heavy (non-hydrogen) atoms. The molecule has 1 fully saturated rings. The summed E-state index contributed by atoms with van der Waals surface area (Å²) in [6, 6.07) is 10.4. The SMILES string of the molecule is CCOC1CN(C(=O)O)CCC1NCc1ccccc1. The van der Waals surface area contributed by atoms with E-state index in [1.54, 1.807) is 0 Å². The summed E-state index contributed by atoms with van der Waals surface area (Å²) in [4.78, 5) is 12.5. The van der Waals surface area contributed by atoms with Gasteiger partial charge in [-0.15, -0.1) is 0 Å². The summed E-state index contributed by atoms with van der Waals surface area (Å²) < 4.78 is 5.70. The lowest BCUT2D eigenvalue weighted by molar-refractivity contribution is -0.0127. The third-order valence-corrected chi connectivity index (χ3v) is 3.62. The zero-order valence-corrected chi connectivity index (χ0v) is 11.8. The summed E-state index contributed by atoms with van der Waals surface area (Å²) in [5, 5.41) is 12.6. The molecule has 0 aromatic heterocycles. The second kappa shape index (κ2) is 7.26. The Bertz CT molecular complexity index is 424. The minimum Gasteiger partial charge on any atom is -0.465 e. The van der Waals surface area contributed by atoms with Gasteiger partial charge in [-0.25, -0.2) is 4.79 Å². The van der Waals surface area contributed by atoms with Crippen LogP contribution in [0, 0.1) is 0 Å². The standard InChI is InChI=1S/C15H22N2O3/c1-2-20-14-11-17(15(18)19)9-8-13(14)16-10-12-6-4-3-5-7-12/h3-7,13-14,16H,2,8-11H2,1H3,(H,18,19). The summed E-state index contributed by atoms with van der Waals surface area (Å²) in [6.45, 7) is 4.32. The maximum atomic E-state index is 11.0. The molecule has 1 amide bonds. The number of piperidine rings is 1. The lowest BCUT2D eigenvalue weighted by Crippen LogP contribution is -2.54. The molecule has 0 spiro atoms. The van der Waals surface area contributed by atoms with Gasteiger partial charge in [-0.3, -0.25) is 0 Å². The predicted molar refractivity (Wildman–Crippen MR) is 76.7 cm³/mol. The number of hydrogen-bond acceptors (Lipinski definition) is 3. The Labute approximate surface area is 119 Å². The zero-order chi connectivity index (χ0) is 14.4. The highest BCUT2D eigenvalue weighted by Gasteiger charge is 2.31. The molecule has 5 heteroatoms. The molecule has 0 bridgehead atoms. The summed E-state index contributed by atoms with van der Waals surface area (Å²) in [5.74, 6) is 0. The Balaban J connectivity index is 1.90. The molecule has 2 rings (SSSR count). The van der Waals surface area contributed by atoms with Gasteiger partial charge >= 0.3 is 6.09 Å². The number of ether oxygens (including phenoxy) is 1. The van der Waals surface area contributed by atoms with Crippen molar-refractivity contribution in [1.29, 1.82) is 0 Å². The Morgan fingerprint density at radius 3 is 2.85 bits per heavy atom. The highest BCUT2D eigenvalue weighted by Crippen LogP contribution is 2.15. The summed E-state index contributed by atoms with van der Waals surface area (Å²) in [5.41, 5.74) is 1.23. The first-order chi connectivity index (χ1) is 9.70. The van der Waals surface area contributed by atoms with E-state index in [2.05, 4.69) is 17.4 Å². The van der Waals surface area contributed by atoms with Gasteiger partial charge in [-0.05, 0) is 18.9 Å². The van der Waals surface area contributed by atoms with E-state index >= 15 is 0 Å². The molecular weight excluding hydrogens is 256 g/mol. The number of nitrogens with zero attached hydrogens (tertiary/aromatic N) is 1. The van der Waals surface area contributed by atoms with Crippen molar-refractivity contribution in [2.75, 3.05) is 19.7 Å². The Morgan fingerprint density at radius 2 is 2.20 bits per heavy atom. The van der Waals surface area contributed by atoms with Crippen LogP contribution in [0.3, 0.4) is 0 Å². The van der Waals surface area contributed by atoms with Crippen molar-refractivity contribution in [1.82, 2.24) is 10.2 Å². The fraction of sp³-hybridized carbons (Fsp3) is 0.533. The largest absolute Gasteiger partial charge is 0.465 e. The van der Waals surface area contributed by atoms with Gasteiger partial charge in [0.2, 0.25) is 0 Å². The summed E-state index contributed by atoms with van der Waals surface area (Å²) in [6.07, 6.45) is -0.158. The monoisotopic (exact) mass is 278 g/mol. The number of nitrogens with one attached hydrogen (secondary N) is 1. The van der Waals surface area contributed by atoms with Crippen molar-refractivity contribution >= 4 is 6.09 Å². The third kappa shape index (κ3) is 3.95. The number of benzene rings is 1. The second-order valence-corrected chi connectivity index (χ2v) is 4.98. The first kappa shape index (κ1) is 14.8. The first-order valence-electron chi connectivity index (χ1n) is 7.07. The fourth-order valence-corrected chi connectivity index (χ4v) is 2.55. The van der Waals surface area contributed by atoms with Gasteiger partial charge in [-0.1, -0.05) is 30.3 Å². The van der Waals surface area contributed by atoms with Crippen molar-refractivity contribution in [3.63, 3.8) is 0 Å². The smallest absolute Gasteiger partial charge is 0.407 e. The number of amides is 1. The topological polar surface area (TPSA) is 61.8 Å². The number of hydrogen-bond donors (Lipinski definition) is 2. The maximum Gasteiger partial charge on any atom is 0.407 e. The Hall–Kier alpha value is -1.59. The van der Waals surface area contributed by atoms with Crippen LogP contribution in [0.15, 0.2) is 30.3 Å². The minimum atomic E-state index is -0.865. The predicted octanol–water partition coefficient (Wildman–Crippen LogP) is 1.93. The number of carbonyl (C=O) groups is 1. The highest BCUT2D eigenvalue weighted by molar-refractivity contribution is 5.65. The van der Waals surface area contributed by atoms with Crippen molar-refractivity contribution in [2.45, 2.75) is 32.0 Å². The minimum absolute atomic E-state index is 0.0754. The van der Waals surface area contributed by atoms with Crippen molar-refractivity contribution in [3.8, 4) is 0 Å². The highest BCUT2D eigenvalue weighted by atomic mass is 16.5. The Kier molecular flexibility index (Phi) is 5.38. The molecule has 1 aromatic carbocycles. The normalized spacial score (nSPS) is 22.8. The average Bonchev–Trinajstić information content (AvgIpc) is 2.47. The Morgan fingerprint density at radius 1 is 1.45 bits per heavy atom. The maximum absolute atomic E-state index is 11.0. The molecule has 2 unspecified atom stereocenters. The number of rotatable bonds is 5. The lowest BCUT2D eigenvalue weighted by atomic mass is 10.0. The van der Waals surface area contributed by atoms with Crippen LogP contribution in [0.1, 0.15) is 18.9 Å². The zero-order valence-electron chi connectivity index (χ0n) is 11.8. The second-order valence-electron chi connectivity index (χ2n) is 4.98. The van der Waals surface area contributed by atoms with E-state index in [-0.39, 0.29) is 12.1 Å². The summed E-state index contributed by atoms with van der Waals surface area (Å²) >= 11 is 0.